The highest BCUT2D eigenvalue weighted by atomic mass is 35.5. The molecule has 0 aromatic heterocycles. The Morgan fingerprint density at radius 3 is 2.88 bits per heavy atom. The monoisotopic (exact) mass is 245 g/mol. The van der Waals surface area contributed by atoms with Crippen molar-refractivity contribution in [3.63, 3.8) is 0 Å². The average Bonchev–Trinajstić information content (AvgIpc) is 2.28. The molecular formula is C12H17ClFNO. The van der Waals surface area contributed by atoms with E-state index in [1.54, 1.807) is 12.1 Å². The number of ether oxygens (including phenoxy) is 1. The van der Waals surface area contributed by atoms with Crippen molar-refractivity contribution in [2.24, 2.45) is 0 Å². The first-order valence-electron chi connectivity index (χ1n) is 5.46. The van der Waals surface area contributed by atoms with Gasteiger partial charge in [0.2, 0.25) is 0 Å². The van der Waals surface area contributed by atoms with E-state index in [2.05, 4.69) is 12.2 Å². The van der Waals surface area contributed by atoms with Gasteiger partial charge < -0.3 is 10.1 Å². The summed E-state index contributed by atoms with van der Waals surface area (Å²) < 4.78 is 18.3. The maximum atomic E-state index is 12.8. The number of hydrogen-bond donors (Lipinski definition) is 1. The van der Waals surface area contributed by atoms with Crippen molar-refractivity contribution in [2.45, 2.75) is 20.0 Å². The molecule has 0 unspecified atom stereocenters. The molecule has 0 amide bonds. The van der Waals surface area contributed by atoms with E-state index >= 15 is 0 Å². The van der Waals surface area contributed by atoms with Crippen LogP contribution in [0.25, 0.3) is 0 Å². The average molecular weight is 246 g/mol. The van der Waals surface area contributed by atoms with Crippen molar-refractivity contribution in [2.75, 3.05) is 19.7 Å². The molecule has 0 fully saturated rings. The Kier molecular flexibility index (Phi) is 6.38. The molecule has 1 aromatic rings. The predicted molar refractivity (Wildman–Crippen MR) is 64.2 cm³/mol. The lowest BCUT2D eigenvalue weighted by Gasteiger charge is -2.06. The Hall–Kier alpha value is -0.640. The minimum atomic E-state index is -0.393. The SMILES string of the molecule is CCCNCCOCc1ccc(F)c(Cl)c1. The molecule has 0 aliphatic rings. The molecule has 0 aliphatic carbocycles. The van der Waals surface area contributed by atoms with Gasteiger partial charge in [-0.25, -0.2) is 4.39 Å². The van der Waals surface area contributed by atoms with Gasteiger partial charge in [-0.3, -0.25) is 0 Å². The van der Waals surface area contributed by atoms with Crippen molar-refractivity contribution >= 4 is 11.6 Å². The van der Waals surface area contributed by atoms with Gasteiger partial charge in [-0.05, 0) is 30.7 Å². The van der Waals surface area contributed by atoms with Crippen LogP contribution in [0.3, 0.4) is 0 Å². The largest absolute Gasteiger partial charge is 0.375 e. The van der Waals surface area contributed by atoms with Gasteiger partial charge in [0.15, 0.2) is 0 Å². The molecule has 0 radical (unpaired) electrons. The van der Waals surface area contributed by atoms with Crippen LogP contribution in [0.1, 0.15) is 18.9 Å². The Morgan fingerprint density at radius 2 is 2.19 bits per heavy atom. The molecule has 0 saturated carbocycles. The first-order valence-corrected chi connectivity index (χ1v) is 5.84. The highest BCUT2D eigenvalue weighted by Crippen LogP contribution is 2.16. The van der Waals surface area contributed by atoms with Crippen molar-refractivity contribution in [1.29, 1.82) is 0 Å². The smallest absolute Gasteiger partial charge is 0.141 e. The van der Waals surface area contributed by atoms with Gasteiger partial charge in [0.1, 0.15) is 5.82 Å². The quantitative estimate of drug-likeness (QED) is 0.746. The lowest BCUT2D eigenvalue weighted by Crippen LogP contribution is -2.20. The first-order chi connectivity index (χ1) is 7.74. The highest BCUT2D eigenvalue weighted by Gasteiger charge is 2.00. The molecule has 0 aliphatic heterocycles. The molecule has 1 rings (SSSR count). The molecule has 0 heterocycles. The molecule has 0 atom stereocenters. The zero-order chi connectivity index (χ0) is 11.8. The minimum Gasteiger partial charge on any atom is -0.375 e. The Bertz CT molecular complexity index is 320. The number of benzene rings is 1. The summed E-state index contributed by atoms with van der Waals surface area (Å²) in [6.07, 6.45) is 1.12. The molecule has 0 bridgehead atoms. The maximum Gasteiger partial charge on any atom is 0.141 e. The van der Waals surface area contributed by atoms with Crippen molar-refractivity contribution in [3.05, 3.63) is 34.6 Å². The van der Waals surface area contributed by atoms with Crippen LogP contribution in [-0.4, -0.2) is 19.7 Å². The molecule has 2 nitrogen and oxygen atoms in total. The van der Waals surface area contributed by atoms with Gasteiger partial charge in [0.05, 0.1) is 18.2 Å². The van der Waals surface area contributed by atoms with Crippen LogP contribution in [0.4, 0.5) is 4.39 Å². The second-order valence-electron chi connectivity index (χ2n) is 3.55. The molecule has 0 spiro atoms. The number of nitrogens with one attached hydrogen (secondary N) is 1. The third-order valence-corrected chi connectivity index (χ3v) is 2.39. The fourth-order valence-corrected chi connectivity index (χ4v) is 1.47. The van der Waals surface area contributed by atoms with Crippen molar-refractivity contribution < 1.29 is 9.13 Å². The van der Waals surface area contributed by atoms with Crippen LogP contribution in [0.5, 0.6) is 0 Å². The van der Waals surface area contributed by atoms with Crippen molar-refractivity contribution in [1.82, 2.24) is 5.32 Å². The summed E-state index contributed by atoms with van der Waals surface area (Å²) in [5.41, 5.74) is 0.891. The molecule has 90 valence electrons. The summed E-state index contributed by atoms with van der Waals surface area (Å²) >= 11 is 5.65. The van der Waals surface area contributed by atoms with E-state index < -0.39 is 5.82 Å². The Labute approximate surface area is 101 Å². The third kappa shape index (κ3) is 4.92. The van der Waals surface area contributed by atoms with Gasteiger partial charge in [-0.1, -0.05) is 24.6 Å². The van der Waals surface area contributed by atoms with Crippen LogP contribution in [0.2, 0.25) is 5.02 Å². The topological polar surface area (TPSA) is 21.3 Å². The van der Waals surface area contributed by atoms with Gasteiger partial charge in [-0.15, -0.1) is 0 Å². The third-order valence-electron chi connectivity index (χ3n) is 2.10. The molecule has 1 N–H and O–H groups in total. The fraction of sp³-hybridized carbons (Fsp3) is 0.500. The van der Waals surface area contributed by atoms with E-state index in [1.165, 1.54) is 6.07 Å². The van der Waals surface area contributed by atoms with E-state index in [0.29, 0.717) is 13.2 Å². The number of halogens is 2. The van der Waals surface area contributed by atoms with Gasteiger partial charge >= 0.3 is 0 Å². The lowest BCUT2D eigenvalue weighted by atomic mass is 10.2. The summed E-state index contributed by atoms with van der Waals surface area (Å²) in [4.78, 5) is 0. The zero-order valence-electron chi connectivity index (χ0n) is 9.43. The van der Waals surface area contributed by atoms with Crippen LogP contribution in [-0.2, 0) is 11.3 Å². The molecule has 1 aromatic carbocycles. The standard InChI is InChI=1S/C12H17ClFNO/c1-2-5-15-6-7-16-9-10-3-4-12(14)11(13)8-10/h3-4,8,15H,2,5-7,9H2,1H3. The predicted octanol–water partition coefficient (Wildman–Crippen LogP) is 3.00. The van der Waals surface area contributed by atoms with Crippen molar-refractivity contribution in [3.8, 4) is 0 Å². The van der Waals surface area contributed by atoms with E-state index in [9.17, 15) is 4.39 Å². The maximum absolute atomic E-state index is 12.8. The van der Waals surface area contributed by atoms with Gasteiger partial charge in [0.25, 0.3) is 0 Å². The van der Waals surface area contributed by atoms with E-state index in [4.69, 9.17) is 16.3 Å². The second-order valence-corrected chi connectivity index (χ2v) is 3.96. The molecular weight excluding hydrogens is 229 g/mol. The molecule has 16 heavy (non-hydrogen) atoms. The van der Waals surface area contributed by atoms with Crippen LogP contribution in [0, 0.1) is 5.82 Å². The fourth-order valence-electron chi connectivity index (χ4n) is 1.27. The summed E-state index contributed by atoms with van der Waals surface area (Å²) in [6, 6.07) is 4.63. The Morgan fingerprint density at radius 1 is 1.38 bits per heavy atom. The van der Waals surface area contributed by atoms with Crippen LogP contribution < -0.4 is 5.32 Å². The summed E-state index contributed by atoms with van der Waals surface area (Å²) in [7, 11) is 0. The van der Waals surface area contributed by atoms with E-state index in [0.717, 1.165) is 25.1 Å². The normalized spacial score (nSPS) is 10.7. The number of hydrogen-bond acceptors (Lipinski definition) is 2. The Balaban J connectivity index is 2.19. The van der Waals surface area contributed by atoms with Gasteiger partial charge in [-0.2, -0.15) is 0 Å². The second kappa shape index (κ2) is 7.60. The minimum absolute atomic E-state index is 0.144. The van der Waals surface area contributed by atoms with E-state index in [1.807, 2.05) is 0 Å². The van der Waals surface area contributed by atoms with Crippen LogP contribution >= 0.6 is 11.6 Å². The summed E-state index contributed by atoms with van der Waals surface area (Å²) in [5.74, 6) is -0.393. The van der Waals surface area contributed by atoms with Gasteiger partial charge in [0, 0.05) is 6.54 Å². The van der Waals surface area contributed by atoms with E-state index in [-0.39, 0.29) is 5.02 Å². The molecule has 0 saturated heterocycles. The highest BCUT2D eigenvalue weighted by molar-refractivity contribution is 6.30. The summed E-state index contributed by atoms with van der Waals surface area (Å²) in [5, 5.41) is 3.37. The lowest BCUT2D eigenvalue weighted by molar-refractivity contribution is 0.123. The summed E-state index contributed by atoms with van der Waals surface area (Å²) in [6.45, 7) is 5.08. The first kappa shape index (κ1) is 13.4. The number of rotatable bonds is 7. The van der Waals surface area contributed by atoms with Crippen LogP contribution in [0.15, 0.2) is 18.2 Å². The molecule has 4 heteroatoms. The zero-order valence-corrected chi connectivity index (χ0v) is 10.2.